The first-order chi connectivity index (χ1) is 12.2. The van der Waals surface area contributed by atoms with Crippen molar-refractivity contribution in [3.63, 3.8) is 0 Å². The molecule has 4 rings (SSSR count). The third-order valence-electron chi connectivity index (χ3n) is 4.27. The van der Waals surface area contributed by atoms with Crippen LogP contribution in [0.5, 0.6) is 0 Å². The van der Waals surface area contributed by atoms with E-state index < -0.39 is 0 Å². The molecule has 0 amide bonds. The quantitative estimate of drug-likeness (QED) is 0.564. The van der Waals surface area contributed by atoms with Crippen molar-refractivity contribution >= 4 is 16.8 Å². The highest BCUT2D eigenvalue weighted by atomic mass is 16.1. The smallest absolute Gasteiger partial charge is 0.323 e. The van der Waals surface area contributed by atoms with Crippen LogP contribution < -0.4 is 5.69 Å². The van der Waals surface area contributed by atoms with Crippen LogP contribution in [0, 0.1) is 0 Å². The SMILES string of the molecule is CCn1ccnc1C(=O)c1ccc(-c2cccc3[nH]c(=O)[nH]c23)cc1. The van der Waals surface area contributed by atoms with Gasteiger partial charge in [0.15, 0.2) is 5.82 Å². The van der Waals surface area contributed by atoms with E-state index in [2.05, 4.69) is 15.0 Å². The fraction of sp³-hybridized carbons (Fsp3) is 0.105. The number of nitrogens with one attached hydrogen (secondary N) is 2. The molecule has 2 heterocycles. The van der Waals surface area contributed by atoms with Crippen molar-refractivity contribution in [2.24, 2.45) is 0 Å². The molecule has 25 heavy (non-hydrogen) atoms. The Morgan fingerprint density at radius 1 is 1.12 bits per heavy atom. The van der Waals surface area contributed by atoms with Gasteiger partial charge in [-0.3, -0.25) is 4.79 Å². The zero-order chi connectivity index (χ0) is 17.4. The molecular formula is C19H16N4O2. The number of nitrogens with zero attached hydrogens (tertiary/aromatic N) is 2. The van der Waals surface area contributed by atoms with Gasteiger partial charge in [0.05, 0.1) is 11.0 Å². The number of carbonyl (C=O) groups is 1. The predicted molar refractivity (Wildman–Crippen MR) is 95.7 cm³/mol. The van der Waals surface area contributed by atoms with Gasteiger partial charge < -0.3 is 14.5 Å². The maximum atomic E-state index is 12.6. The summed E-state index contributed by atoms with van der Waals surface area (Å²) in [5.74, 6) is 0.332. The highest BCUT2D eigenvalue weighted by Gasteiger charge is 2.15. The lowest BCUT2D eigenvalue weighted by Crippen LogP contribution is -2.10. The Labute approximate surface area is 143 Å². The summed E-state index contributed by atoms with van der Waals surface area (Å²) < 4.78 is 1.82. The maximum absolute atomic E-state index is 12.6. The number of aryl methyl sites for hydroxylation is 1. The summed E-state index contributed by atoms with van der Waals surface area (Å²) in [6, 6.07) is 13.0. The van der Waals surface area contributed by atoms with Gasteiger partial charge in [-0.25, -0.2) is 9.78 Å². The number of para-hydroxylation sites is 1. The number of H-pyrrole nitrogens is 2. The standard InChI is InChI=1S/C19H16N4O2/c1-2-23-11-10-20-18(23)17(24)13-8-6-12(7-9-13)14-4-3-5-15-16(14)22-19(25)21-15/h3-11H,2H2,1H3,(H2,21,22,25). The molecule has 0 bridgehead atoms. The number of benzene rings is 2. The van der Waals surface area contributed by atoms with Crippen molar-refractivity contribution in [2.75, 3.05) is 0 Å². The van der Waals surface area contributed by atoms with Crippen LogP contribution in [0.3, 0.4) is 0 Å². The molecule has 0 atom stereocenters. The first kappa shape index (κ1) is 15.1. The van der Waals surface area contributed by atoms with Gasteiger partial charge in [-0.15, -0.1) is 0 Å². The summed E-state index contributed by atoms with van der Waals surface area (Å²) in [6.45, 7) is 2.67. The topological polar surface area (TPSA) is 83.5 Å². The second-order valence-corrected chi connectivity index (χ2v) is 5.75. The minimum Gasteiger partial charge on any atom is -0.328 e. The number of carbonyl (C=O) groups excluding carboxylic acids is 1. The summed E-state index contributed by atoms with van der Waals surface area (Å²) in [5, 5.41) is 0. The van der Waals surface area contributed by atoms with Crippen molar-refractivity contribution in [3.8, 4) is 11.1 Å². The van der Waals surface area contributed by atoms with Crippen LogP contribution in [0.15, 0.2) is 59.7 Å². The van der Waals surface area contributed by atoms with Gasteiger partial charge >= 0.3 is 5.69 Å². The molecule has 0 saturated carbocycles. The normalized spacial score (nSPS) is 11.1. The Morgan fingerprint density at radius 2 is 1.92 bits per heavy atom. The van der Waals surface area contributed by atoms with Crippen LogP contribution in [-0.2, 0) is 6.54 Å². The second-order valence-electron chi connectivity index (χ2n) is 5.75. The number of aromatic nitrogens is 4. The van der Waals surface area contributed by atoms with Gasteiger partial charge in [-0.2, -0.15) is 0 Å². The molecule has 0 saturated heterocycles. The number of hydrogen-bond acceptors (Lipinski definition) is 3. The van der Waals surface area contributed by atoms with Gasteiger partial charge in [0.25, 0.3) is 0 Å². The molecule has 0 aliphatic carbocycles. The molecule has 0 aliphatic heterocycles. The molecule has 6 nitrogen and oxygen atoms in total. The van der Waals surface area contributed by atoms with E-state index in [1.807, 2.05) is 41.8 Å². The summed E-state index contributed by atoms with van der Waals surface area (Å²) >= 11 is 0. The van der Waals surface area contributed by atoms with Crippen LogP contribution in [0.4, 0.5) is 0 Å². The van der Waals surface area contributed by atoms with Gasteiger partial charge in [0, 0.05) is 30.1 Å². The number of imidazole rings is 2. The number of ketones is 1. The van der Waals surface area contributed by atoms with Crippen LogP contribution in [-0.4, -0.2) is 25.3 Å². The molecule has 0 spiro atoms. The van der Waals surface area contributed by atoms with Gasteiger partial charge in [0.1, 0.15) is 0 Å². The molecule has 2 N–H and O–H groups in total. The van der Waals surface area contributed by atoms with Crippen LogP contribution in [0.2, 0.25) is 0 Å². The van der Waals surface area contributed by atoms with Crippen LogP contribution in [0.25, 0.3) is 22.2 Å². The van der Waals surface area contributed by atoms with Crippen molar-refractivity contribution < 1.29 is 4.79 Å². The predicted octanol–water partition coefficient (Wildman–Crippen LogP) is 2.97. The summed E-state index contributed by atoms with van der Waals surface area (Å²) in [4.78, 5) is 33.9. The highest BCUT2D eigenvalue weighted by molar-refractivity contribution is 6.07. The molecule has 0 aliphatic rings. The molecule has 0 radical (unpaired) electrons. The lowest BCUT2D eigenvalue weighted by molar-refractivity contribution is 0.102. The second kappa shape index (κ2) is 5.90. The first-order valence-corrected chi connectivity index (χ1v) is 8.04. The van der Waals surface area contributed by atoms with E-state index in [1.165, 1.54) is 0 Å². The van der Waals surface area contributed by atoms with Gasteiger partial charge in [-0.05, 0) is 18.6 Å². The van der Waals surface area contributed by atoms with Crippen molar-refractivity contribution in [1.82, 2.24) is 19.5 Å². The lowest BCUT2D eigenvalue weighted by atomic mass is 10.0. The van der Waals surface area contributed by atoms with Gasteiger partial charge in [0.2, 0.25) is 5.78 Å². The summed E-state index contributed by atoms with van der Waals surface area (Å²) in [6.07, 6.45) is 3.43. The van der Waals surface area contributed by atoms with Gasteiger partial charge in [-0.1, -0.05) is 36.4 Å². The average Bonchev–Trinajstić information content (AvgIpc) is 3.26. The van der Waals surface area contributed by atoms with E-state index in [0.29, 0.717) is 17.9 Å². The molecule has 0 fully saturated rings. The molecule has 124 valence electrons. The van der Waals surface area contributed by atoms with E-state index in [9.17, 15) is 9.59 Å². The molecular weight excluding hydrogens is 316 g/mol. The lowest BCUT2D eigenvalue weighted by Gasteiger charge is -2.06. The Morgan fingerprint density at radius 3 is 2.68 bits per heavy atom. The van der Waals surface area contributed by atoms with Crippen molar-refractivity contribution in [2.45, 2.75) is 13.5 Å². The zero-order valence-corrected chi connectivity index (χ0v) is 13.6. The zero-order valence-electron chi connectivity index (χ0n) is 13.6. The Bertz CT molecular complexity index is 1120. The maximum Gasteiger partial charge on any atom is 0.323 e. The fourth-order valence-electron chi connectivity index (χ4n) is 3.00. The first-order valence-electron chi connectivity index (χ1n) is 8.04. The van der Waals surface area contributed by atoms with Crippen LogP contribution >= 0.6 is 0 Å². The Hall–Kier alpha value is -3.41. The number of rotatable bonds is 4. The van der Waals surface area contributed by atoms with E-state index in [1.54, 1.807) is 24.5 Å². The monoisotopic (exact) mass is 332 g/mol. The summed E-state index contributed by atoms with van der Waals surface area (Å²) in [5.41, 5.74) is 3.70. The molecule has 4 aromatic rings. The minimum absolute atomic E-state index is 0.105. The molecule has 6 heteroatoms. The third-order valence-corrected chi connectivity index (χ3v) is 4.27. The van der Waals surface area contributed by atoms with Crippen molar-refractivity contribution in [3.05, 3.63) is 76.7 Å². The fourth-order valence-corrected chi connectivity index (χ4v) is 3.00. The highest BCUT2D eigenvalue weighted by Crippen LogP contribution is 2.26. The van der Waals surface area contributed by atoms with Crippen molar-refractivity contribution in [1.29, 1.82) is 0 Å². The molecule has 0 unspecified atom stereocenters. The molecule has 2 aromatic carbocycles. The minimum atomic E-state index is -0.236. The average molecular weight is 332 g/mol. The number of aromatic amines is 2. The van der Waals surface area contributed by atoms with Crippen LogP contribution in [0.1, 0.15) is 23.1 Å². The Kier molecular flexibility index (Phi) is 3.57. The summed E-state index contributed by atoms with van der Waals surface area (Å²) in [7, 11) is 0. The van der Waals surface area contributed by atoms with E-state index in [4.69, 9.17) is 0 Å². The molecule has 2 aromatic heterocycles. The Balaban J connectivity index is 1.72. The number of fused-ring (bicyclic) bond motifs is 1. The van der Waals surface area contributed by atoms with E-state index in [-0.39, 0.29) is 11.5 Å². The largest absolute Gasteiger partial charge is 0.328 e. The third kappa shape index (κ3) is 2.57. The number of hydrogen-bond donors (Lipinski definition) is 2. The van der Waals surface area contributed by atoms with E-state index in [0.717, 1.165) is 22.2 Å². The van der Waals surface area contributed by atoms with E-state index >= 15 is 0 Å².